The van der Waals surface area contributed by atoms with Crippen molar-refractivity contribution in [2.45, 2.75) is 26.5 Å². The van der Waals surface area contributed by atoms with Crippen molar-refractivity contribution in [3.05, 3.63) is 122 Å². The van der Waals surface area contributed by atoms with E-state index in [1.807, 2.05) is 61.5 Å². The molecule has 0 fully saturated rings. The molecular formula is C29H21ClN2O5. The Kier molecular flexibility index (Phi) is 5.57. The fraction of sp³-hybridized carbons (Fsp3) is 0.138. The standard InChI is InChI=1S/C29H21ClN2O5/c1-16-12-23-21(14-22(16)30)27(33)25-26(32(29(34)28(25)36-23)24-13-17(2)37-31-24)19-8-10-20(11-9-19)35-15-18-6-4-3-5-7-18/h3-14,26H,15H2,1-2H3. The largest absolute Gasteiger partial charge is 0.489 e. The van der Waals surface area contributed by atoms with Crippen molar-refractivity contribution in [2.75, 3.05) is 4.90 Å². The van der Waals surface area contributed by atoms with Crippen molar-refractivity contribution in [3.63, 3.8) is 0 Å². The maximum Gasteiger partial charge on any atom is 0.296 e. The van der Waals surface area contributed by atoms with Gasteiger partial charge in [-0.2, -0.15) is 0 Å². The number of aryl methyl sites for hydroxylation is 2. The first kappa shape index (κ1) is 23.1. The van der Waals surface area contributed by atoms with Gasteiger partial charge in [-0.15, -0.1) is 0 Å². The van der Waals surface area contributed by atoms with Gasteiger partial charge < -0.3 is 13.7 Å². The summed E-state index contributed by atoms with van der Waals surface area (Å²) in [5, 5.41) is 4.82. The summed E-state index contributed by atoms with van der Waals surface area (Å²) < 4.78 is 17.2. The van der Waals surface area contributed by atoms with E-state index in [2.05, 4.69) is 5.16 Å². The number of halogens is 1. The Labute approximate surface area is 216 Å². The number of aromatic nitrogens is 1. The molecule has 7 nitrogen and oxygen atoms in total. The predicted octanol–water partition coefficient (Wildman–Crippen LogP) is 6.38. The number of benzene rings is 3. The molecule has 6 rings (SSSR count). The lowest BCUT2D eigenvalue weighted by atomic mass is 9.98. The molecular weight excluding hydrogens is 492 g/mol. The molecule has 1 aliphatic rings. The average Bonchev–Trinajstić information content (AvgIpc) is 3.46. The fourth-order valence-corrected chi connectivity index (χ4v) is 4.76. The molecule has 5 aromatic rings. The zero-order valence-corrected chi connectivity index (χ0v) is 20.8. The number of carbonyl (C=O) groups is 1. The number of amides is 1. The summed E-state index contributed by atoms with van der Waals surface area (Å²) in [7, 11) is 0. The van der Waals surface area contributed by atoms with E-state index in [1.165, 1.54) is 4.90 Å². The molecule has 8 heteroatoms. The Morgan fingerprint density at radius 3 is 2.46 bits per heavy atom. The van der Waals surface area contributed by atoms with Gasteiger partial charge in [0.25, 0.3) is 5.91 Å². The van der Waals surface area contributed by atoms with Gasteiger partial charge in [-0.25, -0.2) is 0 Å². The first-order valence-corrected chi connectivity index (χ1v) is 12.1. The number of fused-ring (bicyclic) bond motifs is 2. The first-order valence-electron chi connectivity index (χ1n) is 11.7. The third-order valence-corrected chi connectivity index (χ3v) is 6.87. The van der Waals surface area contributed by atoms with Crippen LogP contribution < -0.4 is 15.1 Å². The first-order chi connectivity index (χ1) is 17.9. The molecule has 0 saturated heterocycles. The van der Waals surface area contributed by atoms with E-state index in [0.717, 1.165) is 11.1 Å². The molecule has 3 heterocycles. The minimum Gasteiger partial charge on any atom is -0.489 e. The second kappa shape index (κ2) is 8.94. The highest BCUT2D eigenvalue weighted by Crippen LogP contribution is 2.41. The predicted molar refractivity (Wildman–Crippen MR) is 139 cm³/mol. The lowest BCUT2D eigenvalue weighted by Gasteiger charge is -2.22. The summed E-state index contributed by atoms with van der Waals surface area (Å²) in [5.41, 5.74) is 2.71. The van der Waals surface area contributed by atoms with Crippen molar-refractivity contribution in [1.29, 1.82) is 0 Å². The molecule has 0 aliphatic carbocycles. The lowest BCUT2D eigenvalue weighted by Crippen LogP contribution is -2.29. The van der Waals surface area contributed by atoms with E-state index >= 15 is 0 Å². The minimum absolute atomic E-state index is 0.0192. The summed E-state index contributed by atoms with van der Waals surface area (Å²) in [6.07, 6.45) is 0. The Hall–Kier alpha value is -4.36. The van der Waals surface area contributed by atoms with Gasteiger partial charge in [-0.1, -0.05) is 59.2 Å². The Morgan fingerprint density at radius 2 is 1.76 bits per heavy atom. The zero-order valence-electron chi connectivity index (χ0n) is 20.0. The van der Waals surface area contributed by atoms with Gasteiger partial charge in [0.05, 0.1) is 17.0 Å². The molecule has 0 bridgehead atoms. The van der Waals surface area contributed by atoms with Gasteiger partial charge >= 0.3 is 0 Å². The Bertz CT molecular complexity index is 1710. The van der Waals surface area contributed by atoms with Gasteiger partial charge in [-0.3, -0.25) is 14.5 Å². The van der Waals surface area contributed by atoms with Gasteiger partial charge in [0.2, 0.25) is 5.76 Å². The second-order valence-electron chi connectivity index (χ2n) is 8.99. The van der Waals surface area contributed by atoms with Gasteiger partial charge in [0.15, 0.2) is 11.2 Å². The normalized spacial score (nSPS) is 14.8. The fourth-order valence-electron chi connectivity index (χ4n) is 4.60. The molecule has 184 valence electrons. The maximum absolute atomic E-state index is 13.8. The summed E-state index contributed by atoms with van der Waals surface area (Å²) in [5.74, 6) is 1.00. The van der Waals surface area contributed by atoms with Crippen LogP contribution in [-0.4, -0.2) is 11.1 Å². The SMILES string of the molecule is Cc1cc(N2C(=O)c3oc4cc(C)c(Cl)cc4c(=O)c3C2c2ccc(OCc3ccccc3)cc2)no1. The average molecular weight is 513 g/mol. The Morgan fingerprint density at radius 1 is 1.00 bits per heavy atom. The summed E-state index contributed by atoms with van der Waals surface area (Å²) in [6, 6.07) is 21.3. The van der Waals surface area contributed by atoms with Crippen molar-refractivity contribution in [1.82, 2.24) is 5.16 Å². The third kappa shape index (κ3) is 3.97. The topological polar surface area (TPSA) is 85.8 Å². The number of carbonyl (C=O) groups excluding carboxylic acids is 1. The van der Waals surface area contributed by atoms with E-state index in [1.54, 1.807) is 25.1 Å². The smallest absolute Gasteiger partial charge is 0.296 e. The van der Waals surface area contributed by atoms with Crippen molar-refractivity contribution in [2.24, 2.45) is 0 Å². The van der Waals surface area contributed by atoms with E-state index < -0.39 is 11.9 Å². The van der Waals surface area contributed by atoms with Crippen LogP contribution in [0.4, 0.5) is 5.82 Å². The third-order valence-electron chi connectivity index (χ3n) is 6.46. The number of rotatable bonds is 5. The summed E-state index contributed by atoms with van der Waals surface area (Å²) in [4.78, 5) is 28.8. The molecule has 0 saturated carbocycles. The maximum atomic E-state index is 13.8. The van der Waals surface area contributed by atoms with E-state index in [-0.39, 0.29) is 16.8 Å². The monoisotopic (exact) mass is 512 g/mol. The van der Waals surface area contributed by atoms with Crippen molar-refractivity contribution < 1.29 is 18.5 Å². The van der Waals surface area contributed by atoms with Crippen LogP contribution in [0.25, 0.3) is 11.0 Å². The van der Waals surface area contributed by atoms with Crippen LogP contribution in [0.5, 0.6) is 5.75 Å². The number of hydrogen-bond donors (Lipinski definition) is 0. The highest BCUT2D eigenvalue weighted by molar-refractivity contribution is 6.32. The molecule has 0 spiro atoms. The number of hydrogen-bond acceptors (Lipinski definition) is 6. The quantitative estimate of drug-likeness (QED) is 0.271. The molecule has 0 N–H and O–H groups in total. The van der Waals surface area contributed by atoms with Crippen LogP contribution in [0, 0.1) is 13.8 Å². The summed E-state index contributed by atoms with van der Waals surface area (Å²) in [6.45, 7) is 3.97. The Balaban J connectivity index is 1.45. The molecule has 3 aromatic carbocycles. The van der Waals surface area contributed by atoms with Gasteiger partial charge in [0.1, 0.15) is 23.7 Å². The van der Waals surface area contributed by atoms with Crippen LogP contribution >= 0.6 is 11.6 Å². The van der Waals surface area contributed by atoms with Crippen LogP contribution in [0.1, 0.15) is 44.6 Å². The molecule has 1 unspecified atom stereocenters. The van der Waals surface area contributed by atoms with Crippen LogP contribution in [0.3, 0.4) is 0 Å². The van der Waals surface area contributed by atoms with Gasteiger partial charge in [-0.05, 0) is 54.8 Å². The molecule has 2 aromatic heterocycles. The van der Waals surface area contributed by atoms with Gasteiger partial charge in [0, 0.05) is 11.1 Å². The number of anilines is 1. The highest BCUT2D eigenvalue weighted by Gasteiger charge is 2.45. The number of ether oxygens (including phenoxy) is 1. The van der Waals surface area contributed by atoms with Crippen LogP contribution in [0.15, 0.2) is 86.5 Å². The van der Waals surface area contributed by atoms with Crippen LogP contribution in [-0.2, 0) is 6.61 Å². The zero-order chi connectivity index (χ0) is 25.7. The molecule has 1 atom stereocenters. The number of nitrogens with zero attached hydrogens (tertiary/aromatic N) is 2. The summed E-state index contributed by atoms with van der Waals surface area (Å²) >= 11 is 6.32. The van der Waals surface area contributed by atoms with Crippen LogP contribution in [0.2, 0.25) is 5.02 Å². The highest BCUT2D eigenvalue weighted by atomic mass is 35.5. The molecule has 37 heavy (non-hydrogen) atoms. The van der Waals surface area contributed by atoms with E-state index in [4.69, 9.17) is 25.3 Å². The van der Waals surface area contributed by atoms with E-state index in [9.17, 15) is 9.59 Å². The van der Waals surface area contributed by atoms with Crippen molar-refractivity contribution >= 4 is 34.3 Å². The lowest BCUT2D eigenvalue weighted by molar-refractivity contribution is 0.0969. The molecule has 1 aliphatic heterocycles. The second-order valence-corrected chi connectivity index (χ2v) is 9.40. The van der Waals surface area contributed by atoms with E-state index in [0.29, 0.717) is 45.5 Å². The molecule has 0 radical (unpaired) electrons. The molecule has 1 amide bonds. The van der Waals surface area contributed by atoms with Crippen molar-refractivity contribution in [3.8, 4) is 5.75 Å². The minimum atomic E-state index is -0.768.